The van der Waals surface area contributed by atoms with Crippen LogP contribution in [0.3, 0.4) is 0 Å². The topological polar surface area (TPSA) is 75.6 Å². The van der Waals surface area contributed by atoms with E-state index in [1.54, 1.807) is 13.3 Å². The average molecular weight is 517 g/mol. The van der Waals surface area contributed by atoms with Crippen LogP contribution in [-0.4, -0.2) is 85.5 Å². The lowest BCUT2D eigenvalue weighted by molar-refractivity contribution is 0.111. The molecule has 0 bridgehead atoms. The quantitative estimate of drug-likeness (QED) is 0.415. The first kappa shape index (κ1) is 24.9. The van der Waals surface area contributed by atoms with Gasteiger partial charge in [-0.25, -0.2) is 4.39 Å². The van der Waals surface area contributed by atoms with Crippen molar-refractivity contribution < 1.29 is 13.9 Å². The van der Waals surface area contributed by atoms with Crippen LogP contribution in [0.25, 0.3) is 32.9 Å². The number of methoxy groups -OCH3 is 1. The maximum Gasteiger partial charge on any atom is 0.319 e. The molecule has 2 atom stereocenters. The summed E-state index contributed by atoms with van der Waals surface area (Å²) >= 11 is 0. The van der Waals surface area contributed by atoms with Crippen LogP contribution in [0.2, 0.25) is 0 Å². The van der Waals surface area contributed by atoms with Gasteiger partial charge in [-0.05, 0) is 36.7 Å². The molecule has 1 N–H and O–H groups in total. The minimum absolute atomic E-state index is 0.178. The van der Waals surface area contributed by atoms with E-state index in [1.807, 2.05) is 43.3 Å². The van der Waals surface area contributed by atoms with Gasteiger partial charge in [0.05, 0.1) is 11.5 Å². The summed E-state index contributed by atoms with van der Waals surface area (Å²) in [5, 5.41) is 6.00. The Hall–Kier alpha value is -3.40. The maximum absolute atomic E-state index is 16.4. The molecule has 4 heterocycles. The first-order valence-corrected chi connectivity index (χ1v) is 13.2. The van der Waals surface area contributed by atoms with E-state index in [0.29, 0.717) is 17.8 Å². The zero-order valence-electron chi connectivity index (χ0n) is 22.1. The van der Waals surface area contributed by atoms with Crippen LogP contribution in [0, 0.1) is 12.7 Å². The fraction of sp³-hybridized carbons (Fsp3) is 0.414. The van der Waals surface area contributed by atoms with Gasteiger partial charge in [0.15, 0.2) is 5.82 Å². The first-order chi connectivity index (χ1) is 18.5. The molecule has 2 aromatic carbocycles. The Bertz CT molecular complexity index is 1470. The predicted molar refractivity (Wildman–Crippen MR) is 147 cm³/mol. The zero-order valence-corrected chi connectivity index (χ0v) is 22.1. The van der Waals surface area contributed by atoms with Gasteiger partial charge in [0, 0.05) is 57.6 Å². The Balaban J connectivity index is 1.44. The number of ether oxygens (including phenoxy) is 2. The smallest absolute Gasteiger partial charge is 0.319 e. The lowest BCUT2D eigenvalue weighted by Crippen LogP contribution is -2.44. The summed E-state index contributed by atoms with van der Waals surface area (Å²) in [4.78, 5) is 18.4. The molecule has 2 aromatic heterocycles. The van der Waals surface area contributed by atoms with E-state index in [4.69, 9.17) is 14.5 Å². The third kappa shape index (κ3) is 4.55. The van der Waals surface area contributed by atoms with Crippen LogP contribution in [-0.2, 0) is 4.74 Å². The average Bonchev–Trinajstić information content (AvgIpc) is 3.32. The molecule has 6 rings (SSSR count). The number of fused-ring (bicyclic) bond motifs is 2. The van der Waals surface area contributed by atoms with Crippen molar-refractivity contribution in [1.82, 2.24) is 25.2 Å². The molecule has 4 aromatic rings. The number of anilines is 1. The molecule has 2 aliphatic rings. The van der Waals surface area contributed by atoms with E-state index in [1.165, 1.54) is 0 Å². The Morgan fingerprint density at radius 3 is 2.66 bits per heavy atom. The van der Waals surface area contributed by atoms with Crippen LogP contribution in [0.4, 0.5) is 10.2 Å². The number of hydrogen-bond donors (Lipinski definition) is 1. The number of piperazine rings is 1. The van der Waals surface area contributed by atoms with Crippen molar-refractivity contribution in [1.29, 1.82) is 0 Å². The van der Waals surface area contributed by atoms with Crippen molar-refractivity contribution in [3.8, 4) is 17.3 Å². The Labute approximate surface area is 221 Å². The molecule has 9 heteroatoms. The SMILES string of the molecule is CO[C@@H]1C[C@@H](COc2nc(N3CCNCC3)c3cnc(-c4cccc5cccc(C)c45)c(F)c3n2)N(C)C1. The van der Waals surface area contributed by atoms with E-state index in [0.717, 1.165) is 61.0 Å². The van der Waals surface area contributed by atoms with Gasteiger partial charge in [0.1, 0.15) is 23.6 Å². The number of hydrogen-bond acceptors (Lipinski definition) is 8. The number of benzene rings is 2. The van der Waals surface area contributed by atoms with Crippen LogP contribution in [0.5, 0.6) is 6.01 Å². The minimum Gasteiger partial charge on any atom is -0.462 e. The lowest BCUT2D eigenvalue weighted by Gasteiger charge is -2.29. The fourth-order valence-electron chi connectivity index (χ4n) is 5.68. The van der Waals surface area contributed by atoms with Crippen molar-refractivity contribution in [2.75, 3.05) is 58.4 Å². The highest BCUT2D eigenvalue weighted by Gasteiger charge is 2.30. The van der Waals surface area contributed by atoms with Gasteiger partial charge in [-0.15, -0.1) is 0 Å². The van der Waals surface area contributed by atoms with Gasteiger partial charge in [-0.2, -0.15) is 9.97 Å². The first-order valence-electron chi connectivity index (χ1n) is 13.2. The number of nitrogens with one attached hydrogen (secondary N) is 1. The number of halogens is 1. The molecule has 2 saturated heterocycles. The number of aryl methyl sites for hydroxylation is 1. The molecule has 0 aliphatic carbocycles. The van der Waals surface area contributed by atoms with E-state index in [9.17, 15) is 0 Å². The van der Waals surface area contributed by atoms with Crippen molar-refractivity contribution in [3.05, 3.63) is 54.0 Å². The highest BCUT2D eigenvalue weighted by molar-refractivity contribution is 6.00. The van der Waals surface area contributed by atoms with Gasteiger partial charge in [0.25, 0.3) is 0 Å². The highest BCUT2D eigenvalue weighted by Crippen LogP contribution is 2.36. The summed E-state index contributed by atoms with van der Waals surface area (Å²) in [5.74, 6) is 0.201. The maximum atomic E-state index is 16.4. The van der Waals surface area contributed by atoms with Crippen molar-refractivity contribution in [2.45, 2.75) is 25.5 Å². The molecule has 198 valence electrons. The van der Waals surface area contributed by atoms with Gasteiger partial charge in [0.2, 0.25) is 0 Å². The minimum atomic E-state index is -0.459. The van der Waals surface area contributed by atoms with E-state index >= 15 is 4.39 Å². The summed E-state index contributed by atoms with van der Waals surface area (Å²) in [5.41, 5.74) is 2.34. The second kappa shape index (κ2) is 10.4. The molecular formula is C29H33FN6O2. The van der Waals surface area contributed by atoms with Crippen LogP contribution < -0.4 is 15.0 Å². The van der Waals surface area contributed by atoms with Gasteiger partial charge in [-0.3, -0.25) is 9.88 Å². The Morgan fingerprint density at radius 2 is 1.89 bits per heavy atom. The molecule has 2 fully saturated rings. The summed E-state index contributed by atoms with van der Waals surface area (Å²) in [7, 11) is 3.80. The number of nitrogens with zero attached hydrogens (tertiary/aromatic N) is 5. The molecule has 2 aliphatic heterocycles. The van der Waals surface area contributed by atoms with Crippen LogP contribution in [0.1, 0.15) is 12.0 Å². The third-order valence-corrected chi connectivity index (χ3v) is 7.82. The predicted octanol–water partition coefficient (Wildman–Crippen LogP) is 3.80. The van der Waals surface area contributed by atoms with Crippen LogP contribution >= 0.6 is 0 Å². The highest BCUT2D eigenvalue weighted by atomic mass is 19.1. The lowest BCUT2D eigenvalue weighted by atomic mass is 9.97. The van der Waals surface area contributed by atoms with E-state index in [-0.39, 0.29) is 29.4 Å². The van der Waals surface area contributed by atoms with Crippen molar-refractivity contribution >= 4 is 27.5 Å². The monoisotopic (exact) mass is 516 g/mol. The molecule has 0 unspecified atom stereocenters. The number of likely N-dealkylation sites (tertiary alicyclic amines) is 1. The Kier molecular flexibility index (Phi) is 6.82. The van der Waals surface area contributed by atoms with Crippen molar-refractivity contribution in [3.63, 3.8) is 0 Å². The summed E-state index contributed by atoms with van der Waals surface area (Å²) in [6.45, 7) is 6.48. The molecule has 0 radical (unpaired) electrons. The van der Waals surface area contributed by atoms with Gasteiger partial charge < -0.3 is 19.7 Å². The molecular weight excluding hydrogens is 483 g/mol. The van der Waals surface area contributed by atoms with E-state index in [2.05, 4.69) is 32.1 Å². The fourth-order valence-corrected chi connectivity index (χ4v) is 5.68. The summed E-state index contributed by atoms with van der Waals surface area (Å²) in [6, 6.07) is 12.3. The molecule has 38 heavy (non-hydrogen) atoms. The summed E-state index contributed by atoms with van der Waals surface area (Å²) < 4.78 is 28.0. The van der Waals surface area contributed by atoms with Crippen LogP contribution in [0.15, 0.2) is 42.6 Å². The van der Waals surface area contributed by atoms with Crippen molar-refractivity contribution in [2.24, 2.45) is 0 Å². The third-order valence-electron chi connectivity index (χ3n) is 7.82. The zero-order chi connectivity index (χ0) is 26.2. The summed E-state index contributed by atoms with van der Waals surface area (Å²) in [6.07, 6.45) is 2.76. The second-order valence-corrected chi connectivity index (χ2v) is 10.2. The van der Waals surface area contributed by atoms with Gasteiger partial charge in [-0.1, -0.05) is 36.4 Å². The number of aromatic nitrogens is 3. The number of pyridine rings is 1. The second-order valence-electron chi connectivity index (χ2n) is 10.2. The van der Waals surface area contributed by atoms with E-state index < -0.39 is 5.82 Å². The molecule has 8 nitrogen and oxygen atoms in total. The largest absolute Gasteiger partial charge is 0.462 e. The normalized spacial score (nSPS) is 20.5. The molecule has 0 spiro atoms. The number of likely N-dealkylation sites (N-methyl/N-ethyl adjacent to an activating group) is 1. The molecule has 0 saturated carbocycles. The molecule has 0 amide bonds. The standard InChI is InChI=1S/C29H33FN6O2/c1-18-6-4-7-19-8-5-9-22(24(18)19)26-25(30)27-23(15-32-26)28(36-12-10-31-11-13-36)34-29(33-27)38-17-20-14-21(37-3)16-35(20)2/h4-9,15,20-21,31H,10-14,16-17H2,1-3H3/t20-,21+/m0/s1. The van der Waals surface area contributed by atoms with Gasteiger partial charge >= 0.3 is 6.01 Å². The Morgan fingerprint density at radius 1 is 1.11 bits per heavy atom. The number of rotatable bonds is 6.